The molecule has 0 atom stereocenters. The summed E-state index contributed by atoms with van der Waals surface area (Å²) in [5, 5.41) is 13.0. The third-order valence-corrected chi connectivity index (χ3v) is 1.90. The Balaban J connectivity index is 2.71. The molecule has 1 aromatic carbocycles. The molecule has 0 unspecified atom stereocenters. The summed E-state index contributed by atoms with van der Waals surface area (Å²) in [6.07, 6.45) is 6.36. The minimum Gasteiger partial charge on any atom is -0.507 e. The molecule has 0 amide bonds. The van der Waals surface area contributed by atoms with Crippen LogP contribution in [-0.4, -0.2) is 17.9 Å². The summed E-state index contributed by atoms with van der Waals surface area (Å²) < 4.78 is 0.855. The third-order valence-electron chi connectivity index (χ3n) is 1.40. The summed E-state index contributed by atoms with van der Waals surface area (Å²) in [5.74, 6) is 2.41. The topological polar surface area (TPSA) is 41.8 Å². The minimum absolute atomic E-state index is 0.116. The number of phenolic OH excluding ortho intramolecular Hbond substituents is 1. The first-order chi connectivity index (χ1) is 6.74. The van der Waals surface area contributed by atoms with Crippen molar-refractivity contribution in [3.63, 3.8) is 0 Å². The number of terminal acetylenes is 1. The molecule has 3 nitrogen and oxygen atoms in total. The number of oxime groups is 1. The van der Waals surface area contributed by atoms with E-state index in [1.165, 1.54) is 6.21 Å². The first-order valence-corrected chi connectivity index (χ1v) is 4.60. The average Bonchev–Trinajstić information content (AvgIpc) is 2.18. The summed E-state index contributed by atoms with van der Waals surface area (Å²) in [6, 6.07) is 5.01. The zero-order chi connectivity index (χ0) is 10.4. The second-order valence-electron chi connectivity index (χ2n) is 2.42. The Morgan fingerprint density at radius 3 is 3.14 bits per heavy atom. The Morgan fingerprint density at radius 1 is 1.64 bits per heavy atom. The van der Waals surface area contributed by atoms with Gasteiger partial charge in [0.1, 0.15) is 5.75 Å². The van der Waals surface area contributed by atoms with Gasteiger partial charge in [-0.05, 0) is 18.2 Å². The molecule has 0 saturated carbocycles. The fourth-order valence-electron chi connectivity index (χ4n) is 0.797. The number of phenols is 1. The van der Waals surface area contributed by atoms with Gasteiger partial charge in [0.05, 0.1) is 6.21 Å². The molecule has 72 valence electrons. The van der Waals surface area contributed by atoms with Crippen LogP contribution in [0.4, 0.5) is 0 Å². The fourth-order valence-corrected chi connectivity index (χ4v) is 1.18. The van der Waals surface area contributed by atoms with Crippen LogP contribution in [0.5, 0.6) is 5.75 Å². The molecular weight excluding hydrogens is 246 g/mol. The number of hydrogen-bond donors (Lipinski definition) is 1. The Kier molecular flexibility index (Phi) is 4.02. The molecule has 0 radical (unpaired) electrons. The summed E-state index contributed by atoms with van der Waals surface area (Å²) >= 11 is 3.27. The molecule has 0 spiro atoms. The number of halogens is 1. The molecule has 0 fully saturated rings. The highest BCUT2D eigenvalue weighted by molar-refractivity contribution is 9.10. The van der Waals surface area contributed by atoms with Crippen molar-refractivity contribution < 1.29 is 9.94 Å². The average molecular weight is 254 g/mol. The molecule has 0 aliphatic rings. The number of nitrogens with zero attached hydrogens (tertiary/aromatic N) is 1. The van der Waals surface area contributed by atoms with E-state index in [0.29, 0.717) is 5.56 Å². The summed E-state index contributed by atoms with van der Waals surface area (Å²) in [5.41, 5.74) is 0.566. The minimum atomic E-state index is 0.116. The van der Waals surface area contributed by atoms with Crippen LogP contribution in [0.25, 0.3) is 0 Å². The van der Waals surface area contributed by atoms with Crippen molar-refractivity contribution in [2.24, 2.45) is 5.16 Å². The molecule has 0 saturated heterocycles. The highest BCUT2D eigenvalue weighted by Gasteiger charge is 1.98. The van der Waals surface area contributed by atoms with E-state index in [-0.39, 0.29) is 12.4 Å². The number of rotatable bonds is 3. The molecule has 14 heavy (non-hydrogen) atoms. The highest BCUT2D eigenvalue weighted by atomic mass is 79.9. The molecule has 4 heteroatoms. The van der Waals surface area contributed by atoms with E-state index in [4.69, 9.17) is 6.42 Å². The van der Waals surface area contributed by atoms with Crippen LogP contribution in [0.1, 0.15) is 5.56 Å². The van der Waals surface area contributed by atoms with Crippen molar-refractivity contribution in [2.75, 3.05) is 6.61 Å². The van der Waals surface area contributed by atoms with Crippen molar-refractivity contribution in [3.05, 3.63) is 28.2 Å². The van der Waals surface area contributed by atoms with Crippen molar-refractivity contribution in [1.82, 2.24) is 0 Å². The van der Waals surface area contributed by atoms with Gasteiger partial charge >= 0.3 is 0 Å². The lowest BCUT2D eigenvalue weighted by molar-refractivity contribution is 0.181. The molecule has 1 N–H and O–H groups in total. The number of aromatic hydroxyl groups is 1. The third kappa shape index (κ3) is 3.11. The monoisotopic (exact) mass is 253 g/mol. The van der Waals surface area contributed by atoms with Crippen molar-refractivity contribution in [2.45, 2.75) is 0 Å². The maximum absolute atomic E-state index is 9.38. The first-order valence-electron chi connectivity index (χ1n) is 3.81. The van der Waals surface area contributed by atoms with Gasteiger partial charge in [0.25, 0.3) is 0 Å². The van der Waals surface area contributed by atoms with Gasteiger partial charge < -0.3 is 9.94 Å². The van der Waals surface area contributed by atoms with E-state index in [2.05, 4.69) is 31.8 Å². The van der Waals surface area contributed by atoms with E-state index in [9.17, 15) is 5.11 Å². The lowest BCUT2D eigenvalue weighted by atomic mass is 10.2. The molecule has 1 rings (SSSR count). The zero-order valence-corrected chi connectivity index (χ0v) is 8.86. The van der Waals surface area contributed by atoms with Crippen LogP contribution in [0.15, 0.2) is 27.8 Å². The summed E-state index contributed by atoms with van der Waals surface area (Å²) in [6.45, 7) is 0.116. The van der Waals surface area contributed by atoms with Gasteiger partial charge in [-0.25, -0.2) is 0 Å². The quantitative estimate of drug-likeness (QED) is 0.388. The first kappa shape index (κ1) is 10.6. The van der Waals surface area contributed by atoms with Crippen molar-refractivity contribution in [3.8, 4) is 18.1 Å². The fraction of sp³-hybridized carbons (Fsp3) is 0.100. The molecule has 0 aliphatic heterocycles. The maximum atomic E-state index is 9.38. The lowest BCUT2D eigenvalue weighted by Gasteiger charge is -1.98. The number of hydrogen-bond acceptors (Lipinski definition) is 3. The molecule has 0 aromatic heterocycles. The van der Waals surface area contributed by atoms with Gasteiger partial charge in [0.15, 0.2) is 6.61 Å². The van der Waals surface area contributed by atoms with Crippen LogP contribution in [0.3, 0.4) is 0 Å². The van der Waals surface area contributed by atoms with E-state index in [1.807, 2.05) is 0 Å². The summed E-state index contributed by atoms with van der Waals surface area (Å²) in [4.78, 5) is 4.69. The van der Waals surface area contributed by atoms with E-state index < -0.39 is 0 Å². The van der Waals surface area contributed by atoms with Crippen LogP contribution < -0.4 is 0 Å². The van der Waals surface area contributed by atoms with E-state index in [0.717, 1.165) is 4.47 Å². The van der Waals surface area contributed by atoms with Crippen molar-refractivity contribution in [1.29, 1.82) is 0 Å². The lowest BCUT2D eigenvalue weighted by Crippen LogP contribution is -1.86. The number of benzene rings is 1. The second-order valence-corrected chi connectivity index (χ2v) is 3.33. The van der Waals surface area contributed by atoms with E-state index in [1.54, 1.807) is 18.2 Å². The maximum Gasteiger partial charge on any atom is 0.177 e. The Morgan fingerprint density at radius 2 is 2.43 bits per heavy atom. The Labute approximate surface area is 90.5 Å². The molecule has 0 bridgehead atoms. The van der Waals surface area contributed by atoms with Crippen LogP contribution >= 0.6 is 15.9 Å². The predicted octanol–water partition coefficient (Wildman–Crippen LogP) is 2.14. The van der Waals surface area contributed by atoms with Gasteiger partial charge in [-0.15, -0.1) is 6.42 Å². The van der Waals surface area contributed by atoms with Crippen LogP contribution in [0, 0.1) is 12.3 Å². The van der Waals surface area contributed by atoms with Gasteiger partial charge in [-0.3, -0.25) is 0 Å². The molecule has 0 heterocycles. The predicted molar refractivity (Wildman–Crippen MR) is 58.2 cm³/mol. The SMILES string of the molecule is C#CCON=Cc1cc(Br)ccc1O. The van der Waals surface area contributed by atoms with Crippen LogP contribution in [-0.2, 0) is 4.84 Å². The van der Waals surface area contributed by atoms with Gasteiger partial charge in [0.2, 0.25) is 0 Å². The molecular formula is C10H8BrNO2. The normalized spacial score (nSPS) is 10.0. The molecule has 1 aromatic rings. The van der Waals surface area contributed by atoms with Crippen LogP contribution in [0.2, 0.25) is 0 Å². The van der Waals surface area contributed by atoms with Gasteiger partial charge in [-0.2, -0.15) is 0 Å². The molecule has 0 aliphatic carbocycles. The Bertz CT molecular complexity index is 382. The Hall–Kier alpha value is -1.47. The second kappa shape index (κ2) is 5.30. The smallest absolute Gasteiger partial charge is 0.177 e. The largest absolute Gasteiger partial charge is 0.507 e. The standard InChI is InChI=1S/C10H8BrNO2/c1-2-5-14-12-7-8-6-9(11)3-4-10(8)13/h1,3-4,6-7,13H,5H2. The highest BCUT2D eigenvalue weighted by Crippen LogP contribution is 2.19. The van der Waals surface area contributed by atoms with Crippen molar-refractivity contribution >= 4 is 22.1 Å². The van der Waals surface area contributed by atoms with Gasteiger partial charge in [0, 0.05) is 10.0 Å². The van der Waals surface area contributed by atoms with E-state index >= 15 is 0 Å². The zero-order valence-electron chi connectivity index (χ0n) is 7.27. The summed E-state index contributed by atoms with van der Waals surface area (Å²) in [7, 11) is 0. The van der Waals surface area contributed by atoms with Gasteiger partial charge in [-0.1, -0.05) is 27.0 Å².